The van der Waals surface area contributed by atoms with E-state index in [0.717, 1.165) is 38.4 Å². The SMILES string of the molecule is COc1ccc2c(=O)c3c(oc2c1)C(=O)N(CC[NH+]1CCOCC1)C3c1ccccc1. The van der Waals surface area contributed by atoms with E-state index in [9.17, 15) is 9.59 Å². The van der Waals surface area contributed by atoms with Gasteiger partial charge in [0.15, 0.2) is 5.43 Å². The van der Waals surface area contributed by atoms with Crippen LogP contribution in [0.3, 0.4) is 0 Å². The number of quaternary nitrogens is 1. The van der Waals surface area contributed by atoms with E-state index in [1.807, 2.05) is 30.3 Å². The number of carbonyl (C=O) groups excluding carboxylic acids is 1. The summed E-state index contributed by atoms with van der Waals surface area (Å²) < 4.78 is 16.7. The smallest absolute Gasteiger partial charge is 0.291 e. The number of hydrogen-bond acceptors (Lipinski definition) is 5. The number of hydrogen-bond donors (Lipinski definition) is 1. The van der Waals surface area contributed by atoms with Crippen molar-refractivity contribution in [3.63, 3.8) is 0 Å². The monoisotopic (exact) mass is 421 g/mol. The molecule has 0 radical (unpaired) electrons. The van der Waals surface area contributed by atoms with Gasteiger partial charge in [0.25, 0.3) is 5.91 Å². The van der Waals surface area contributed by atoms with Gasteiger partial charge < -0.3 is 23.7 Å². The molecule has 0 spiro atoms. The number of amides is 1. The van der Waals surface area contributed by atoms with E-state index in [-0.39, 0.29) is 17.1 Å². The third-order valence-electron chi connectivity index (χ3n) is 6.20. The number of nitrogens with one attached hydrogen (secondary N) is 1. The van der Waals surface area contributed by atoms with Crippen molar-refractivity contribution < 1.29 is 23.6 Å². The van der Waals surface area contributed by atoms with Crippen molar-refractivity contribution in [2.75, 3.05) is 46.5 Å². The molecule has 0 bridgehead atoms. The normalized spacial score (nSPS) is 19.1. The molecule has 31 heavy (non-hydrogen) atoms. The lowest BCUT2D eigenvalue weighted by molar-refractivity contribution is -0.907. The van der Waals surface area contributed by atoms with E-state index in [2.05, 4.69) is 0 Å². The summed E-state index contributed by atoms with van der Waals surface area (Å²) in [5.41, 5.74) is 1.53. The summed E-state index contributed by atoms with van der Waals surface area (Å²) >= 11 is 0. The summed E-state index contributed by atoms with van der Waals surface area (Å²) in [5.74, 6) is 0.475. The van der Waals surface area contributed by atoms with Crippen LogP contribution < -0.4 is 15.1 Å². The second kappa shape index (κ2) is 8.17. The van der Waals surface area contributed by atoms with Gasteiger partial charge in [0.2, 0.25) is 5.76 Å². The van der Waals surface area contributed by atoms with Crippen LogP contribution in [-0.2, 0) is 4.74 Å². The Morgan fingerprint density at radius 2 is 1.87 bits per heavy atom. The van der Waals surface area contributed by atoms with Gasteiger partial charge in [0.1, 0.15) is 24.4 Å². The molecule has 1 saturated heterocycles. The molecule has 2 aromatic carbocycles. The first kappa shape index (κ1) is 19.8. The lowest BCUT2D eigenvalue weighted by Gasteiger charge is -2.29. The van der Waals surface area contributed by atoms with E-state index < -0.39 is 6.04 Å². The van der Waals surface area contributed by atoms with E-state index in [4.69, 9.17) is 13.9 Å². The highest BCUT2D eigenvalue weighted by atomic mass is 16.5. The first-order chi connectivity index (χ1) is 15.2. The first-order valence-electron chi connectivity index (χ1n) is 10.6. The van der Waals surface area contributed by atoms with Crippen LogP contribution in [0.25, 0.3) is 11.0 Å². The molecule has 1 amide bonds. The van der Waals surface area contributed by atoms with Crippen LogP contribution >= 0.6 is 0 Å². The molecule has 1 unspecified atom stereocenters. The van der Waals surface area contributed by atoms with Crippen molar-refractivity contribution >= 4 is 16.9 Å². The quantitative estimate of drug-likeness (QED) is 0.672. The second-order valence-corrected chi connectivity index (χ2v) is 7.96. The third kappa shape index (κ3) is 3.49. The summed E-state index contributed by atoms with van der Waals surface area (Å²) in [6.07, 6.45) is 0. The number of rotatable bonds is 5. The van der Waals surface area contributed by atoms with E-state index >= 15 is 0 Å². The van der Waals surface area contributed by atoms with Crippen molar-refractivity contribution in [3.8, 4) is 5.75 Å². The Kier molecular flexibility index (Phi) is 5.21. The van der Waals surface area contributed by atoms with Gasteiger partial charge in [-0.2, -0.15) is 0 Å². The van der Waals surface area contributed by atoms with Gasteiger partial charge in [0, 0.05) is 6.07 Å². The minimum atomic E-state index is -0.452. The highest BCUT2D eigenvalue weighted by Gasteiger charge is 2.43. The van der Waals surface area contributed by atoms with Gasteiger partial charge in [0.05, 0.1) is 50.4 Å². The summed E-state index contributed by atoms with van der Waals surface area (Å²) in [4.78, 5) is 30.1. The molecule has 1 aromatic heterocycles. The standard InChI is InChI=1S/C24H24N2O5/c1-29-17-7-8-18-19(15-17)31-23-20(22(18)27)21(16-5-3-2-4-6-16)26(24(23)28)10-9-25-11-13-30-14-12-25/h2-8,15,21H,9-14H2,1H3/p+1. The van der Waals surface area contributed by atoms with Crippen molar-refractivity contribution in [1.29, 1.82) is 0 Å². The van der Waals surface area contributed by atoms with Gasteiger partial charge in [-0.05, 0) is 17.7 Å². The van der Waals surface area contributed by atoms with E-state index in [1.165, 1.54) is 4.90 Å². The number of morpholine rings is 1. The number of nitrogens with zero attached hydrogens (tertiary/aromatic N) is 1. The Morgan fingerprint density at radius 1 is 1.10 bits per heavy atom. The molecule has 0 aliphatic carbocycles. The Morgan fingerprint density at radius 3 is 2.61 bits per heavy atom. The average Bonchev–Trinajstić information content (AvgIpc) is 3.10. The maximum Gasteiger partial charge on any atom is 0.291 e. The predicted molar refractivity (Wildman–Crippen MR) is 115 cm³/mol. The molecular weight excluding hydrogens is 396 g/mol. The minimum Gasteiger partial charge on any atom is -0.497 e. The fourth-order valence-electron chi connectivity index (χ4n) is 4.53. The molecule has 2 aliphatic heterocycles. The number of carbonyl (C=O) groups is 1. The first-order valence-corrected chi connectivity index (χ1v) is 10.6. The zero-order valence-corrected chi connectivity index (χ0v) is 17.4. The number of methoxy groups -OCH3 is 1. The Balaban J connectivity index is 1.59. The number of benzene rings is 2. The zero-order chi connectivity index (χ0) is 21.4. The molecule has 0 saturated carbocycles. The van der Waals surface area contributed by atoms with Crippen LogP contribution in [0.15, 0.2) is 57.7 Å². The van der Waals surface area contributed by atoms with Crippen molar-refractivity contribution in [2.24, 2.45) is 0 Å². The summed E-state index contributed by atoms with van der Waals surface area (Å²) in [6.45, 7) is 4.65. The molecule has 3 heterocycles. The Bertz CT molecular complexity index is 1170. The molecule has 1 atom stereocenters. The Hall–Kier alpha value is -3.16. The van der Waals surface area contributed by atoms with Gasteiger partial charge >= 0.3 is 0 Å². The maximum atomic E-state index is 13.5. The van der Waals surface area contributed by atoms with Crippen LogP contribution in [0.4, 0.5) is 0 Å². The fourth-order valence-corrected chi connectivity index (χ4v) is 4.53. The van der Waals surface area contributed by atoms with Gasteiger partial charge in [-0.15, -0.1) is 0 Å². The highest BCUT2D eigenvalue weighted by molar-refractivity contribution is 5.99. The molecule has 7 nitrogen and oxygen atoms in total. The largest absolute Gasteiger partial charge is 0.497 e. The topological polar surface area (TPSA) is 73.4 Å². The minimum absolute atomic E-state index is 0.136. The number of ether oxygens (including phenoxy) is 2. The van der Waals surface area contributed by atoms with Crippen molar-refractivity contribution in [3.05, 3.63) is 75.6 Å². The molecule has 5 rings (SSSR count). The second-order valence-electron chi connectivity index (χ2n) is 7.96. The van der Waals surface area contributed by atoms with Crippen molar-refractivity contribution in [1.82, 2.24) is 4.90 Å². The predicted octanol–water partition coefficient (Wildman–Crippen LogP) is 1.26. The maximum absolute atomic E-state index is 13.5. The third-order valence-corrected chi connectivity index (χ3v) is 6.20. The number of fused-ring (bicyclic) bond motifs is 2. The summed E-state index contributed by atoms with van der Waals surface area (Å²) in [6, 6.07) is 14.3. The van der Waals surface area contributed by atoms with Crippen LogP contribution in [0.1, 0.15) is 27.7 Å². The molecule has 3 aromatic rings. The summed E-state index contributed by atoms with van der Waals surface area (Å²) in [5, 5.41) is 0.453. The van der Waals surface area contributed by atoms with Crippen LogP contribution in [-0.4, -0.2) is 57.3 Å². The van der Waals surface area contributed by atoms with Gasteiger partial charge in [-0.3, -0.25) is 9.59 Å². The van der Waals surface area contributed by atoms with E-state index in [0.29, 0.717) is 28.8 Å². The van der Waals surface area contributed by atoms with Crippen LogP contribution in [0.5, 0.6) is 5.75 Å². The van der Waals surface area contributed by atoms with Crippen LogP contribution in [0.2, 0.25) is 0 Å². The fraction of sp³-hybridized carbons (Fsp3) is 0.333. The molecular formula is C24H25N2O5+. The average molecular weight is 421 g/mol. The van der Waals surface area contributed by atoms with Crippen molar-refractivity contribution in [2.45, 2.75) is 6.04 Å². The lowest BCUT2D eigenvalue weighted by Crippen LogP contribution is -3.14. The molecule has 2 aliphatic rings. The lowest BCUT2D eigenvalue weighted by atomic mass is 9.98. The van der Waals surface area contributed by atoms with Crippen LogP contribution in [0, 0.1) is 0 Å². The van der Waals surface area contributed by atoms with Gasteiger partial charge in [-0.25, -0.2) is 0 Å². The Labute approximate surface area is 179 Å². The molecule has 160 valence electrons. The van der Waals surface area contributed by atoms with Gasteiger partial charge in [-0.1, -0.05) is 30.3 Å². The summed E-state index contributed by atoms with van der Waals surface area (Å²) in [7, 11) is 1.55. The van der Waals surface area contributed by atoms with E-state index in [1.54, 1.807) is 30.2 Å². The zero-order valence-electron chi connectivity index (χ0n) is 17.4. The highest BCUT2D eigenvalue weighted by Crippen LogP contribution is 2.38. The molecule has 1 N–H and O–H groups in total. The molecule has 1 fully saturated rings. The molecule has 7 heteroatoms.